The van der Waals surface area contributed by atoms with Gasteiger partial charge in [0.1, 0.15) is 5.82 Å². The molecular formula is C15H8ClFOS. The number of carbonyl (C=O) groups is 1. The molecule has 94 valence electrons. The van der Waals surface area contributed by atoms with Crippen molar-refractivity contribution >= 4 is 38.8 Å². The highest BCUT2D eigenvalue weighted by molar-refractivity contribution is 7.21. The molecule has 0 saturated heterocycles. The van der Waals surface area contributed by atoms with Crippen molar-refractivity contribution in [2.24, 2.45) is 0 Å². The molecule has 0 atom stereocenters. The Morgan fingerprint density at radius 2 is 1.89 bits per heavy atom. The Hall–Kier alpha value is -1.71. The molecule has 0 aliphatic rings. The normalized spacial score (nSPS) is 10.8. The van der Waals surface area contributed by atoms with Crippen LogP contribution in [0.15, 0.2) is 48.5 Å². The lowest BCUT2D eigenvalue weighted by molar-refractivity contribution is 0.103. The molecule has 0 radical (unpaired) electrons. The maximum absolute atomic E-state index is 13.7. The SMILES string of the molecule is O=C(c1cc2ccccc2s1)c1ccc(Cl)cc1F. The lowest BCUT2D eigenvalue weighted by Crippen LogP contribution is -2.01. The van der Waals surface area contributed by atoms with Gasteiger partial charge in [-0.2, -0.15) is 0 Å². The Morgan fingerprint density at radius 3 is 2.63 bits per heavy atom. The van der Waals surface area contributed by atoms with Crippen LogP contribution < -0.4 is 0 Å². The van der Waals surface area contributed by atoms with E-state index in [0.29, 0.717) is 4.88 Å². The first-order valence-electron chi connectivity index (χ1n) is 5.63. The summed E-state index contributed by atoms with van der Waals surface area (Å²) in [6, 6.07) is 13.6. The van der Waals surface area contributed by atoms with E-state index in [4.69, 9.17) is 11.6 Å². The van der Waals surface area contributed by atoms with Gasteiger partial charge in [-0.15, -0.1) is 11.3 Å². The number of thiophene rings is 1. The van der Waals surface area contributed by atoms with Crippen LogP contribution in [0.3, 0.4) is 0 Å². The number of halogens is 2. The minimum atomic E-state index is -0.588. The fourth-order valence-corrected chi connectivity index (χ4v) is 3.08. The van der Waals surface area contributed by atoms with Gasteiger partial charge in [-0.05, 0) is 35.7 Å². The van der Waals surface area contributed by atoms with Gasteiger partial charge in [-0.25, -0.2) is 4.39 Å². The average Bonchev–Trinajstić information content (AvgIpc) is 2.81. The second-order valence-corrected chi connectivity index (χ2v) is 5.62. The largest absolute Gasteiger partial charge is 0.288 e. The molecule has 19 heavy (non-hydrogen) atoms. The van der Waals surface area contributed by atoms with E-state index in [2.05, 4.69) is 0 Å². The van der Waals surface area contributed by atoms with Crippen LogP contribution in [0.4, 0.5) is 4.39 Å². The summed E-state index contributed by atoms with van der Waals surface area (Å²) >= 11 is 7.05. The molecule has 0 bridgehead atoms. The first kappa shape index (κ1) is 12.3. The molecule has 1 aromatic heterocycles. The van der Waals surface area contributed by atoms with E-state index >= 15 is 0 Å². The summed E-state index contributed by atoms with van der Waals surface area (Å²) in [4.78, 5) is 12.8. The predicted molar refractivity (Wildman–Crippen MR) is 76.7 cm³/mol. The molecule has 0 spiro atoms. The molecule has 3 rings (SSSR count). The van der Waals surface area contributed by atoms with Crippen molar-refractivity contribution in [3.05, 3.63) is 69.8 Å². The van der Waals surface area contributed by atoms with Crippen molar-refractivity contribution in [3.63, 3.8) is 0 Å². The van der Waals surface area contributed by atoms with Crippen LogP contribution in [-0.4, -0.2) is 5.78 Å². The molecule has 2 aromatic carbocycles. The third-order valence-electron chi connectivity index (χ3n) is 2.83. The van der Waals surface area contributed by atoms with Gasteiger partial charge >= 0.3 is 0 Å². The lowest BCUT2D eigenvalue weighted by Gasteiger charge is -2.00. The van der Waals surface area contributed by atoms with Crippen molar-refractivity contribution in [3.8, 4) is 0 Å². The molecule has 0 fully saturated rings. The molecule has 0 N–H and O–H groups in total. The number of carbonyl (C=O) groups excluding carboxylic acids is 1. The molecule has 0 amide bonds. The molecule has 0 aliphatic carbocycles. The van der Waals surface area contributed by atoms with Gasteiger partial charge in [0.15, 0.2) is 0 Å². The summed E-state index contributed by atoms with van der Waals surface area (Å²) in [5, 5.41) is 1.27. The highest BCUT2D eigenvalue weighted by Crippen LogP contribution is 2.28. The highest BCUT2D eigenvalue weighted by Gasteiger charge is 2.16. The zero-order valence-electron chi connectivity index (χ0n) is 9.69. The number of benzene rings is 2. The lowest BCUT2D eigenvalue weighted by atomic mass is 10.1. The van der Waals surface area contributed by atoms with Gasteiger partial charge in [0.05, 0.1) is 10.4 Å². The van der Waals surface area contributed by atoms with E-state index in [1.165, 1.54) is 23.5 Å². The second-order valence-electron chi connectivity index (χ2n) is 4.10. The number of hydrogen-bond donors (Lipinski definition) is 0. The van der Waals surface area contributed by atoms with Crippen LogP contribution in [0, 0.1) is 5.82 Å². The fraction of sp³-hybridized carbons (Fsp3) is 0. The van der Waals surface area contributed by atoms with E-state index in [1.807, 2.05) is 24.3 Å². The molecule has 1 heterocycles. The minimum absolute atomic E-state index is 0.0518. The predicted octanol–water partition coefficient (Wildman–Crippen LogP) is 4.92. The van der Waals surface area contributed by atoms with E-state index < -0.39 is 5.82 Å². The quantitative estimate of drug-likeness (QED) is 0.612. The van der Waals surface area contributed by atoms with Crippen LogP contribution in [0.5, 0.6) is 0 Å². The van der Waals surface area contributed by atoms with Gasteiger partial charge < -0.3 is 0 Å². The Balaban J connectivity index is 2.08. The van der Waals surface area contributed by atoms with Crippen LogP contribution >= 0.6 is 22.9 Å². The second kappa shape index (κ2) is 4.76. The van der Waals surface area contributed by atoms with E-state index in [0.717, 1.165) is 16.2 Å². The first-order valence-corrected chi connectivity index (χ1v) is 6.83. The average molecular weight is 291 g/mol. The molecule has 1 nitrogen and oxygen atoms in total. The molecular weight excluding hydrogens is 283 g/mol. The van der Waals surface area contributed by atoms with Crippen molar-refractivity contribution in [2.45, 2.75) is 0 Å². The van der Waals surface area contributed by atoms with Gasteiger partial charge in [0.25, 0.3) is 0 Å². The van der Waals surface area contributed by atoms with Gasteiger partial charge in [-0.3, -0.25) is 4.79 Å². The van der Waals surface area contributed by atoms with Crippen LogP contribution in [0.25, 0.3) is 10.1 Å². The van der Waals surface area contributed by atoms with Gasteiger partial charge in [0, 0.05) is 9.72 Å². The van der Waals surface area contributed by atoms with Gasteiger partial charge in [-0.1, -0.05) is 29.8 Å². The van der Waals surface area contributed by atoms with Crippen LogP contribution in [-0.2, 0) is 0 Å². The summed E-state index contributed by atoms with van der Waals surface area (Å²) in [5.41, 5.74) is 0.0518. The monoisotopic (exact) mass is 290 g/mol. The van der Waals surface area contributed by atoms with Gasteiger partial charge in [0.2, 0.25) is 5.78 Å². The summed E-state index contributed by atoms with van der Waals surface area (Å²) in [6.45, 7) is 0. The van der Waals surface area contributed by atoms with E-state index in [9.17, 15) is 9.18 Å². The van der Waals surface area contributed by atoms with Crippen molar-refractivity contribution in [2.75, 3.05) is 0 Å². The highest BCUT2D eigenvalue weighted by atomic mass is 35.5. The van der Waals surface area contributed by atoms with Crippen molar-refractivity contribution in [1.29, 1.82) is 0 Å². The summed E-state index contributed by atoms with van der Waals surface area (Å²) < 4.78 is 14.8. The molecule has 3 aromatic rings. The smallest absolute Gasteiger partial charge is 0.205 e. The molecule has 0 aliphatic heterocycles. The topological polar surface area (TPSA) is 17.1 Å². The van der Waals surface area contributed by atoms with Crippen molar-refractivity contribution < 1.29 is 9.18 Å². The third-order valence-corrected chi connectivity index (χ3v) is 4.18. The van der Waals surface area contributed by atoms with Crippen LogP contribution in [0.2, 0.25) is 5.02 Å². The Bertz CT molecular complexity index is 746. The summed E-state index contributed by atoms with van der Waals surface area (Å²) in [7, 11) is 0. The number of ketones is 1. The first-order chi connectivity index (χ1) is 9.15. The van der Waals surface area contributed by atoms with E-state index in [-0.39, 0.29) is 16.4 Å². The Kier molecular flexibility index (Phi) is 3.09. The maximum Gasteiger partial charge on any atom is 0.205 e. The standard InChI is InChI=1S/C15H8ClFOS/c16-10-5-6-11(12(17)8-10)15(18)14-7-9-3-1-2-4-13(9)19-14/h1-8H. The maximum atomic E-state index is 13.7. The number of hydrogen-bond acceptors (Lipinski definition) is 2. The third kappa shape index (κ3) is 2.27. The number of rotatable bonds is 2. The Labute approximate surface area is 118 Å². The van der Waals surface area contributed by atoms with E-state index in [1.54, 1.807) is 6.07 Å². The molecule has 0 saturated carbocycles. The molecule has 0 unspecified atom stereocenters. The minimum Gasteiger partial charge on any atom is -0.288 e. The molecule has 4 heteroatoms. The Morgan fingerprint density at radius 1 is 1.11 bits per heavy atom. The van der Waals surface area contributed by atoms with Crippen molar-refractivity contribution in [1.82, 2.24) is 0 Å². The zero-order chi connectivity index (χ0) is 13.4. The van der Waals surface area contributed by atoms with Crippen LogP contribution in [0.1, 0.15) is 15.2 Å². The summed E-state index contributed by atoms with van der Waals surface area (Å²) in [6.07, 6.45) is 0. The zero-order valence-corrected chi connectivity index (χ0v) is 11.3. The fourth-order valence-electron chi connectivity index (χ4n) is 1.90. The summed E-state index contributed by atoms with van der Waals surface area (Å²) in [5.74, 6) is -0.898. The number of fused-ring (bicyclic) bond motifs is 1.